The van der Waals surface area contributed by atoms with Crippen LogP contribution in [0.3, 0.4) is 0 Å². The highest BCUT2D eigenvalue weighted by Gasteiger charge is 2.17. The summed E-state index contributed by atoms with van der Waals surface area (Å²) < 4.78 is 31.4. The number of carbonyl (C=O) groups excluding carboxylic acids is 1. The number of hydrogen-bond donors (Lipinski definition) is 1. The van der Waals surface area contributed by atoms with E-state index in [2.05, 4.69) is 17.4 Å². The van der Waals surface area contributed by atoms with Gasteiger partial charge < -0.3 is 9.84 Å². The maximum Gasteiger partial charge on any atom is 0.273 e. The van der Waals surface area contributed by atoms with Gasteiger partial charge in [-0.25, -0.2) is 8.78 Å². The molecule has 1 heterocycles. The second kappa shape index (κ2) is 7.91. The summed E-state index contributed by atoms with van der Waals surface area (Å²) in [5.41, 5.74) is 1.55. The Bertz CT molecular complexity index is 894. The lowest BCUT2D eigenvalue weighted by atomic mass is 9.96. The second-order valence-electron chi connectivity index (χ2n) is 5.93. The van der Waals surface area contributed by atoms with E-state index in [1.165, 1.54) is 12.1 Å². The lowest BCUT2D eigenvalue weighted by Gasteiger charge is -2.15. The molecule has 1 amide bonds. The molecule has 26 heavy (non-hydrogen) atoms. The summed E-state index contributed by atoms with van der Waals surface area (Å²) in [5.74, 6) is -1.92. The first-order chi connectivity index (χ1) is 12.6. The molecule has 1 aromatic heterocycles. The van der Waals surface area contributed by atoms with Gasteiger partial charge in [0.2, 0.25) is 0 Å². The minimum atomic E-state index is -0.987. The Morgan fingerprint density at radius 3 is 2.58 bits per heavy atom. The molecule has 3 rings (SSSR count). The average molecular weight is 356 g/mol. The SMILES string of the molecule is CC[C@@H](CNC(=O)c1cc(-c2ccc(F)c(F)c2)on1)c1ccccc1. The van der Waals surface area contributed by atoms with Crippen LogP contribution in [0.25, 0.3) is 11.3 Å². The first-order valence-corrected chi connectivity index (χ1v) is 8.33. The molecule has 0 fully saturated rings. The van der Waals surface area contributed by atoms with Crippen molar-refractivity contribution in [2.45, 2.75) is 19.3 Å². The predicted molar refractivity (Wildman–Crippen MR) is 93.7 cm³/mol. The van der Waals surface area contributed by atoms with Crippen LogP contribution in [0.4, 0.5) is 8.78 Å². The van der Waals surface area contributed by atoms with E-state index in [9.17, 15) is 13.6 Å². The highest BCUT2D eigenvalue weighted by Crippen LogP contribution is 2.23. The van der Waals surface area contributed by atoms with Gasteiger partial charge in [0.1, 0.15) is 0 Å². The number of carbonyl (C=O) groups is 1. The molecule has 0 saturated carbocycles. The fraction of sp³-hybridized carbons (Fsp3) is 0.200. The number of benzene rings is 2. The number of halogens is 2. The van der Waals surface area contributed by atoms with E-state index in [-0.39, 0.29) is 23.3 Å². The standard InChI is InChI=1S/C20H18F2N2O2/c1-2-13(14-6-4-3-5-7-14)12-23-20(25)18-11-19(26-24-18)15-8-9-16(21)17(22)10-15/h3-11,13H,2,12H2,1H3,(H,23,25)/t13-/m0/s1. The van der Waals surface area contributed by atoms with Crippen molar-refractivity contribution in [3.05, 3.63) is 77.5 Å². The Hall–Kier alpha value is -3.02. The molecule has 1 N–H and O–H groups in total. The number of nitrogens with one attached hydrogen (secondary N) is 1. The van der Waals surface area contributed by atoms with Gasteiger partial charge in [0, 0.05) is 24.1 Å². The molecule has 0 aliphatic heterocycles. The maximum atomic E-state index is 13.3. The smallest absolute Gasteiger partial charge is 0.273 e. The molecule has 4 nitrogen and oxygen atoms in total. The van der Waals surface area contributed by atoms with Crippen LogP contribution in [0.15, 0.2) is 59.1 Å². The van der Waals surface area contributed by atoms with Gasteiger partial charge in [-0.05, 0) is 30.2 Å². The van der Waals surface area contributed by atoms with Gasteiger partial charge in [0.05, 0.1) is 0 Å². The third kappa shape index (κ3) is 3.96. The summed E-state index contributed by atoms with van der Waals surface area (Å²) in [6.07, 6.45) is 0.878. The summed E-state index contributed by atoms with van der Waals surface area (Å²) in [6.45, 7) is 2.52. The normalized spacial score (nSPS) is 12.0. The van der Waals surface area contributed by atoms with E-state index in [4.69, 9.17) is 4.52 Å². The van der Waals surface area contributed by atoms with Gasteiger partial charge in [-0.3, -0.25) is 4.79 Å². The molecular formula is C20H18F2N2O2. The van der Waals surface area contributed by atoms with Crippen LogP contribution in [-0.2, 0) is 0 Å². The van der Waals surface area contributed by atoms with E-state index in [0.29, 0.717) is 12.1 Å². The molecule has 0 aliphatic carbocycles. The van der Waals surface area contributed by atoms with E-state index in [1.54, 1.807) is 0 Å². The van der Waals surface area contributed by atoms with Gasteiger partial charge in [0.25, 0.3) is 5.91 Å². The Balaban J connectivity index is 1.67. The van der Waals surface area contributed by atoms with Crippen molar-refractivity contribution in [3.8, 4) is 11.3 Å². The highest BCUT2D eigenvalue weighted by atomic mass is 19.2. The summed E-state index contributed by atoms with van der Waals surface area (Å²) >= 11 is 0. The fourth-order valence-electron chi connectivity index (χ4n) is 2.70. The van der Waals surface area contributed by atoms with E-state index < -0.39 is 11.6 Å². The van der Waals surface area contributed by atoms with Gasteiger partial charge in [-0.15, -0.1) is 0 Å². The Morgan fingerprint density at radius 2 is 1.88 bits per heavy atom. The number of rotatable bonds is 6. The number of aromatic nitrogens is 1. The Morgan fingerprint density at radius 1 is 1.12 bits per heavy atom. The molecule has 1 atom stereocenters. The summed E-state index contributed by atoms with van der Waals surface area (Å²) in [4.78, 5) is 12.3. The van der Waals surface area contributed by atoms with Gasteiger partial charge in [0.15, 0.2) is 23.1 Å². The van der Waals surface area contributed by atoms with Crippen LogP contribution in [0.1, 0.15) is 35.3 Å². The molecule has 3 aromatic rings. The minimum absolute atomic E-state index is 0.0904. The third-order valence-corrected chi connectivity index (χ3v) is 4.22. The largest absolute Gasteiger partial charge is 0.355 e. The second-order valence-corrected chi connectivity index (χ2v) is 5.93. The average Bonchev–Trinajstić information content (AvgIpc) is 3.15. The summed E-state index contributed by atoms with van der Waals surface area (Å²) in [7, 11) is 0. The van der Waals surface area contributed by atoms with Gasteiger partial charge in [-0.1, -0.05) is 42.4 Å². The topological polar surface area (TPSA) is 55.1 Å². The van der Waals surface area contributed by atoms with Crippen LogP contribution in [-0.4, -0.2) is 17.6 Å². The number of amides is 1. The minimum Gasteiger partial charge on any atom is -0.355 e. The van der Waals surface area contributed by atoms with Crippen LogP contribution in [0, 0.1) is 11.6 Å². The zero-order chi connectivity index (χ0) is 18.5. The lowest BCUT2D eigenvalue weighted by Crippen LogP contribution is -2.28. The molecule has 0 spiro atoms. The number of hydrogen-bond acceptors (Lipinski definition) is 3. The molecule has 134 valence electrons. The van der Waals surface area contributed by atoms with E-state index >= 15 is 0 Å². The monoisotopic (exact) mass is 356 g/mol. The first-order valence-electron chi connectivity index (χ1n) is 8.33. The van der Waals surface area contributed by atoms with Crippen LogP contribution < -0.4 is 5.32 Å². The number of nitrogens with zero attached hydrogens (tertiary/aromatic N) is 1. The molecule has 0 aliphatic rings. The summed E-state index contributed by atoms with van der Waals surface area (Å²) in [6, 6.07) is 14.7. The van der Waals surface area contributed by atoms with Crippen molar-refractivity contribution in [2.24, 2.45) is 0 Å². The molecule has 6 heteroatoms. The molecule has 0 radical (unpaired) electrons. The van der Waals surface area contributed by atoms with Crippen LogP contribution >= 0.6 is 0 Å². The molecule has 0 unspecified atom stereocenters. The Labute approximate surface area is 149 Å². The van der Waals surface area contributed by atoms with Gasteiger partial charge in [-0.2, -0.15) is 0 Å². The lowest BCUT2D eigenvalue weighted by molar-refractivity contribution is 0.0942. The molecule has 2 aromatic carbocycles. The van der Waals surface area contributed by atoms with Crippen molar-refractivity contribution in [1.82, 2.24) is 10.5 Å². The molecular weight excluding hydrogens is 338 g/mol. The first kappa shape index (κ1) is 17.8. The van der Waals surface area contributed by atoms with Crippen molar-refractivity contribution >= 4 is 5.91 Å². The van der Waals surface area contributed by atoms with Gasteiger partial charge >= 0.3 is 0 Å². The van der Waals surface area contributed by atoms with Crippen LogP contribution in [0.2, 0.25) is 0 Å². The zero-order valence-electron chi connectivity index (χ0n) is 14.2. The quantitative estimate of drug-likeness (QED) is 0.705. The molecule has 0 saturated heterocycles. The fourth-order valence-corrected chi connectivity index (χ4v) is 2.70. The van der Waals surface area contributed by atoms with Crippen molar-refractivity contribution in [1.29, 1.82) is 0 Å². The van der Waals surface area contributed by atoms with Crippen molar-refractivity contribution in [3.63, 3.8) is 0 Å². The Kier molecular flexibility index (Phi) is 5.41. The predicted octanol–water partition coefficient (Wildman–Crippen LogP) is 4.54. The third-order valence-electron chi connectivity index (χ3n) is 4.22. The van der Waals surface area contributed by atoms with Crippen molar-refractivity contribution < 1.29 is 18.1 Å². The molecule has 0 bridgehead atoms. The van der Waals surface area contributed by atoms with Crippen molar-refractivity contribution in [2.75, 3.05) is 6.54 Å². The summed E-state index contributed by atoms with van der Waals surface area (Å²) in [5, 5.41) is 6.56. The maximum absolute atomic E-state index is 13.3. The van der Waals surface area contributed by atoms with Crippen LogP contribution in [0.5, 0.6) is 0 Å². The highest BCUT2D eigenvalue weighted by molar-refractivity contribution is 5.93. The zero-order valence-corrected chi connectivity index (χ0v) is 14.2. The van der Waals surface area contributed by atoms with E-state index in [0.717, 1.165) is 24.1 Å². The van der Waals surface area contributed by atoms with E-state index in [1.807, 2.05) is 30.3 Å².